The average molecular weight is 654 g/mol. The lowest BCUT2D eigenvalue weighted by atomic mass is 10.1. The molecule has 45 heavy (non-hydrogen) atoms. The van der Waals surface area contributed by atoms with Crippen molar-refractivity contribution >= 4 is 58.5 Å². The van der Waals surface area contributed by atoms with Crippen molar-refractivity contribution in [2.45, 2.75) is 23.2 Å². The molecule has 0 saturated carbocycles. The van der Waals surface area contributed by atoms with Gasteiger partial charge in [-0.1, -0.05) is 41.9 Å². The number of hydrogen-bond acceptors (Lipinski definition) is 5. The molecule has 0 aliphatic carbocycles. The van der Waals surface area contributed by atoms with Gasteiger partial charge in [-0.3, -0.25) is 14.4 Å². The Morgan fingerprint density at radius 3 is 2.27 bits per heavy atom. The first-order chi connectivity index (χ1) is 21.4. The molecule has 4 aromatic rings. The normalized spacial score (nSPS) is 12.2. The van der Waals surface area contributed by atoms with Crippen LogP contribution in [0.1, 0.15) is 28.4 Å². The summed E-state index contributed by atoms with van der Waals surface area (Å²) < 4.78 is 44.5. The smallest absolute Gasteiger partial charge is 0.416 e. The fourth-order valence-electron chi connectivity index (χ4n) is 3.95. The summed E-state index contributed by atoms with van der Waals surface area (Å²) in [4.78, 5) is 39.6. The minimum atomic E-state index is -4.58. The molecule has 0 aliphatic heterocycles. The van der Waals surface area contributed by atoms with Gasteiger partial charge in [0.25, 0.3) is 11.8 Å². The predicted molar refractivity (Wildman–Crippen MR) is 170 cm³/mol. The van der Waals surface area contributed by atoms with Gasteiger partial charge >= 0.3 is 6.18 Å². The van der Waals surface area contributed by atoms with Gasteiger partial charge in [0, 0.05) is 16.1 Å². The van der Waals surface area contributed by atoms with E-state index < -0.39 is 34.7 Å². The van der Waals surface area contributed by atoms with Crippen LogP contribution in [0, 0.1) is 0 Å². The third-order valence-electron chi connectivity index (χ3n) is 6.28. The summed E-state index contributed by atoms with van der Waals surface area (Å²) in [6, 6.07) is 24.7. The van der Waals surface area contributed by atoms with Crippen LogP contribution < -0.4 is 20.7 Å². The summed E-state index contributed by atoms with van der Waals surface area (Å²) >= 11 is 7.16. The highest BCUT2D eigenvalue weighted by atomic mass is 35.5. The summed E-state index contributed by atoms with van der Waals surface area (Å²) in [6.07, 6.45) is -3.05. The molecule has 1 atom stereocenters. The third-order valence-corrected chi connectivity index (χ3v) is 7.72. The molecular formula is C33H27ClF3N3O4S. The predicted octanol–water partition coefficient (Wildman–Crippen LogP) is 7.90. The summed E-state index contributed by atoms with van der Waals surface area (Å²) in [5, 5.41) is 7.17. The van der Waals surface area contributed by atoms with E-state index in [0.29, 0.717) is 27.5 Å². The Balaban J connectivity index is 1.44. The molecule has 4 aromatic carbocycles. The van der Waals surface area contributed by atoms with Crippen molar-refractivity contribution in [3.63, 3.8) is 0 Å². The zero-order valence-corrected chi connectivity index (χ0v) is 25.5. The molecule has 0 radical (unpaired) electrons. The van der Waals surface area contributed by atoms with Crippen LogP contribution in [-0.4, -0.2) is 30.1 Å². The van der Waals surface area contributed by atoms with E-state index in [0.717, 1.165) is 30.0 Å². The van der Waals surface area contributed by atoms with Crippen LogP contribution in [0.25, 0.3) is 6.08 Å². The highest BCUT2D eigenvalue weighted by Crippen LogP contribution is 2.34. The van der Waals surface area contributed by atoms with E-state index in [2.05, 4.69) is 16.0 Å². The Bertz CT molecular complexity index is 1710. The second-order valence-electron chi connectivity index (χ2n) is 9.57. The van der Waals surface area contributed by atoms with Gasteiger partial charge in [-0.2, -0.15) is 13.2 Å². The first-order valence-electron chi connectivity index (χ1n) is 13.4. The molecule has 0 fully saturated rings. The van der Waals surface area contributed by atoms with Crippen molar-refractivity contribution in [2.75, 3.05) is 17.7 Å². The van der Waals surface area contributed by atoms with Crippen molar-refractivity contribution in [3.05, 3.63) is 124 Å². The van der Waals surface area contributed by atoms with Gasteiger partial charge in [-0.25, -0.2) is 0 Å². The van der Waals surface area contributed by atoms with Crippen molar-refractivity contribution < 1.29 is 32.3 Å². The largest absolute Gasteiger partial charge is 0.497 e. The zero-order chi connectivity index (χ0) is 32.6. The molecule has 0 saturated heterocycles. The number of nitrogens with one attached hydrogen (secondary N) is 3. The number of methoxy groups -OCH3 is 1. The number of halogens is 4. The number of amides is 3. The second kappa shape index (κ2) is 14.8. The number of anilines is 2. The van der Waals surface area contributed by atoms with Gasteiger partial charge in [-0.15, -0.1) is 11.8 Å². The van der Waals surface area contributed by atoms with Crippen LogP contribution in [0.5, 0.6) is 5.75 Å². The molecule has 232 valence electrons. The molecule has 3 N–H and O–H groups in total. The molecule has 4 rings (SSSR count). The highest BCUT2D eigenvalue weighted by molar-refractivity contribution is 8.00. The molecular weight excluding hydrogens is 627 g/mol. The Hall–Kier alpha value is -4.74. The number of carbonyl (C=O) groups is 3. The van der Waals surface area contributed by atoms with E-state index in [4.69, 9.17) is 16.3 Å². The van der Waals surface area contributed by atoms with Gasteiger partial charge in [-0.05, 0) is 85.3 Å². The average Bonchev–Trinajstić information content (AvgIpc) is 3.02. The van der Waals surface area contributed by atoms with E-state index in [1.807, 2.05) is 0 Å². The monoisotopic (exact) mass is 653 g/mol. The number of hydrogen-bond donors (Lipinski definition) is 3. The van der Waals surface area contributed by atoms with Crippen LogP contribution in [0.2, 0.25) is 5.02 Å². The summed E-state index contributed by atoms with van der Waals surface area (Å²) in [5.41, 5.74) is 0.340. The maximum Gasteiger partial charge on any atom is 0.416 e. The number of carbonyl (C=O) groups excluding carboxylic acids is 3. The molecule has 0 bridgehead atoms. The molecule has 7 nitrogen and oxygen atoms in total. The Morgan fingerprint density at radius 1 is 0.889 bits per heavy atom. The number of thioether (sulfide) groups is 1. The quantitative estimate of drug-likeness (QED) is 0.119. The number of rotatable bonds is 10. The lowest BCUT2D eigenvalue weighted by Gasteiger charge is -2.15. The molecule has 0 spiro atoms. The SMILES string of the molecule is COc1cccc(/C=C(\NC(=O)c2ccccc2)C(=O)Nc2ccc(SC(C)C(=O)Nc3cc(C(F)(F)F)ccc3Cl)cc2)c1. The number of alkyl halides is 3. The van der Waals surface area contributed by atoms with Crippen LogP contribution in [0.3, 0.4) is 0 Å². The number of ether oxygens (including phenoxy) is 1. The zero-order valence-electron chi connectivity index (χ0n) is 23.9. The molecule has 3 amide bonds. The van der Waals surface area contributed by atoms with Gasteiger partial charge < -0.3 is 20.7 Å². The standard InChI is InChI=1S/C33H27ClF3N3O4S/c1-20(30(41)39-28-19-23(33(35,36)37)11-16-27(28)34)45-26-14-12-24(13-15-26)38-32(43)29(18-21-7-6-10-25(17-21)44-2)40-31(42)22-8-4-3-5-9-22/h3-20H,1-2H3,(H,38,43)(H,39,41)(H,40,42)/b29-18-. The summed E-state index contributed by atoms with van der Waals surface area (Å²) in [5.74, 6) is -1.01. The molecule has 0 heterocycles. The van der Waals surface area contributed by atoms with Gasteiger partial charge in [0.15, 0.2) is 0 Å². The summed E-state index contributed by atoms with van der Waals surface area (Å²) in [7, 11) is 1.52. The van der Waals surface area contributed by atoms with Crippen LogP contribution in [0.4, 0.5) is 24.5 Å². The fourth-order valence-corrected chi connectivity index (χ4v) is 4.98. The minimum absolute atomic E-state index is 0.00546. The Morgan fingerprint density at radius 2 is 1.60 bits per heavy atom. The van der Waals surface area contributed by atoms with Gasteiger partial charge in [0.05, 0.1) is 28.6 Å². The number of benzene rings is 4. The van der Waals surface area contributed by atoms with E-state index in [1.54, 1.807) is 85.8 Å². The van der Waals surface area contributed by atoms with Crippen molar-refractivity contribution in [1.29, 1.82) is 0 Å². The Labute approximate surface area is 266 Å². The topological polar surface area (TPSA) is 96.5 Å². The van der Waals surface area contributed by atoms with Crippen LogP contribution in [-0.2, 0) is 15.8 Å². The third kappa shape index (κ3) is 9.37. The first kappa shape index (κ1) is 33.2. The van der Waals surface area contributed by atoms with E-state index in [-0.39, 0.29) is 16.4 Å². The lowest BCUT2D eigenvalue weighted by Crippen LogP contribution is -2.30. The molecule has 0 aliphatic rings. The van der Waals surface area contributed by atoms with Gasteiger partial charge in [0.2, 0.25) is 5.91 Å². The lowest BCUT2D eigenvalue weighted by molar-refractivity contribution is -0.137. The maximum atomic E-state index is 13.3. The highest BCUT2D eigenvalue weighted by Gasteiger charge is 2.31. The van der Waals surface area contributed by atoms with E-state index in [9.17, 15) is 27.6 Å². The van der Waals surface area contributed by atoms with Crippen molar-refractivity contribution in [2.24, 2.45) is 0 Å². The van der Waals surface area contributed by atoms with E-state index >= 15 is 0 Å². The fraction of sp³-hybridized carbons (Fsp3) is 0.121. The second-order valence-corrected chi connectivity index (χ2v) is 11.4. The molecule has 0 aromatic heterocycles. The summed E-state index contributed by atoms with van der Waals surface area (Å²) in [6.45, 7) is 1.60. The van der Waals surface area contributed by atoms with E-state index in [1.165, 1.54) is 13.2 Å². The van der Waals surface area contributed by atoms with Crippen LogP contribution >= 0.6 is 23.4 Å². The Kier molecular flexibility index (Phi) is 10.9. The van der Waals surface area contributed by atoms with Crippen LogP contribution in [0.15, 0.2) is 108 Å². The molecule has 1 unspecified atom stereocenters. The maximum absolute atomic E-state index is 13.3. The van der Waals surface area contributed by atoms with Gasteiger partial charge in [0.1, 0.15) is 11.4 Å². The van der Waals surface area contributed by atoms with Crippen molar-refractivity contribution in [3.8, 4) is 5.75 Å². The first-order valence-corrected chi connectivity index (χ1v) is 14.7. The molecule has 12 heteroatoms. The van der Waals surface area contributed by atoms with Crippen molar-refractivity contribution in [1.82, 2.24) is 5.32 Å². The minimum Gasteiger partial charge on any atom is -0.497 e.